The Kier molecular flexibility index (Phi) is 10.2. The van der Waals surface area contributed by atoms with Crippen molar-refractivity contribution in [3.63, 3.8) is 0 Å². The van der Waals surface area contributed by atoms with E-state index in [2.05, 4.69) is 76.6 Å². The second-order valence-electron chi connectivity index (χ2n) is 7.58. The Morgan fingerprint density at radius 1 is 0.697 bits per heavy atom. The van der Waals surface area contributed by atoms with E-state index in [9.17, 15) is 10.0 Å². The lowest BCUT2D eigenvalue weighted by Gasteiger charge is -2.04. The second kappa shape index (κ2) is 12.6. The molecular weight excluding hydrogens is 543 g/mol. The van der Waals surface area contributed by atoms with Gasteiger partial charge in [0.15, 0.2) is 37.9 Å². The summed E-state index contributed by atoms with van der Waals surface area (Å²) in [5.41, 5.74) is 6.22. The molecule has 0 aliphatic heterocycles. The highest BCUT2D eigenvalue weighted by Gasteiger charge is 2.12. The van der Waals surface area contributed by atoms with E-state index >= 15 is 0 Å². The highest BCUT2D eigenvalue weighted by atomic mass is 79.9. The molecule has 0 fully saturated rings. The zero-order valence-corrected chi connectivity index (χ0v) is 21.2. The maximum absolute atomic E-state index is 9.34. The fraction of sp³-hybridized carbons (Fsp3) is 0.0769. The highest BCUT2D eigenvalue weighted by molar-refractivity contribution is 6.58. The quantitative estimate of drug-likeness (QED) is 0.179. The van der Waals surface area contributed by atoms with Crippen LogP contribution < -0.4 is 48.6 Å². The van der Waals surface area contributed by atoms with E-state index in [4.69, 9.17) is 0 Å². The minimum Gasteiger partial charge on any atom is -1.00 e. The van der Waals surface area contributed by atoms with Crippen LogP contribution in [0.15, 0.2) is 104 Å². The van der Waals surface area contributed by atoms with Gasteiger partial charge in [0, 0.05) is 35.4 Å². The number of hydrogen-bond donors (Lipinski definition) is 2. The first kappa shape index (κ1) is 26.7. The number of aromatic nitrogens is 2. The van der Waals surface area contributed by atoms with Crippen LogP contribution in [0.25, 0.3) is 17.2 Å². The molecule has 2 aromatic carbocycles. The van der Waals surface area contributed by atoms with Crippen molar-refractivity contribution in [3.8, 4) is 11.1 Å². The Morgan fingerprint density at radius 3 is 1.70 bits per heavy atom. The molecule has 168 valence electrons. The SMILES string of the molecule is C=Cc1ccc(C[n+]2ccc(-c3cc[n+](Cc4cccc(B(O)O)c4)cc3)cc2)cc1.[Br-].[Br-]. The molecule has 2 N–H and O–H groups in total. The van der Waals surface area contributed by atoms with Crippen molar-refractivity contribution in [2.45, 2.75) is 13.1 Å². The lowest BCUT2D eigenvalue weighted by Crippen LogP contribution is -3.00. The predicted molar refractivity (Wildman–Crippen MR) is 123 cm³/mol. The van der Waals surface area contributed by atoms with Gasteiger partial charge < -0.3 is 44.0 Å². The van der Waals surface area contributed by atoms with E-state index in [1.165, 1.54) is 5.56 Å². The molecule has 4 rings (SSSR count). The van der Waals surface area contributed by atoms with Gasteiger partial charge in [-0.15, -0.1) is 0 Å². The molecule has 0 atom stereocenters. The summed E-state index contributed by atoms with van der Waals surface area (Å²) in [5, 5.41) is 18.7. The summed E-state index contributed by atoms with van der Waals surface area (Å²) >= 11 is 0. The van der Waals surface area contributed by atoms with Gasteiger partial charge in [0.1, 0.15) is 0 Å². The average molecular weight is 568 g/mol. The molecule has 0 aliphatic carbocycles. The summed E-state index contributed by atoms with van der Waals surface area (Å²) in [5.74, 6) is 0. The summed E-state index contributed by atoms with van der Waals surface area (Å²) in [4.78, 5) is 0. The molecule has 0 bridgehead atoms. The van der Waals surface area contributed by atoms with Gasteiger partial charge in [-0.05, 0) is 22.2 Å². The third-order valence-corrected chi connectivity index (χ3v) is 5.31. The first-order valence-corrected chi connectivity index (χ1v) is 10.3. The minimum atomic E-state index is -1.44. The maximum Gasteiger partial charge on any atom is 0.488 e. The van der Waals surface area contributed by atoms with E-state index < -0.39 is 7.12 Å². The zero-order chi connectivity index (χ0) is 21.6. The van der Waals surface area contributed by atoms with E-state index in [0.717, 1.165) is 28.8 Å². The summed E-state index contributed by atoms with van der Waals surface area (Å²) < 4.78 is 4.24. The Bertz CT molecular complexity index is 1170. The molecule has 0 radical (unpaired) electrons. The number of halogens is 2. The molecule has 0 unspecified atom stereocenters. The van der Waals surface area contributed by atoms with Crippen molar-refractivity contribution in [1.29, 1.82) is 0 Å². The smallest absolute Gasteiger partial charge is 0.488 e. The van der Waals surface area contributed by atoms with Crippen LogP contribution in [0, 0.1) is 0 Å². The molecule has 2 heterocycles. The number of hydrogen-bond acceptors (Lipinski definition) is 2. The Hall–Kier alpha value is -2.58. The van der Waals surface area contributed by atoms with Gasteiger partial charge in [-0.1, -0.05) is 61.2 Å². The fourth-order valence-electron chi connectivity index (χ4n) is 3.54. The van der Waals surface area contributed by atoms with Gasteiger partial charge >= 0.3 is 7.12 Å². The highest BCUT2D eigenvalue weighted by Crippen LogP contribution is 2.16. The van der Waals surface area contributed by atoms with E-state index in [1.807, 2.05) is 36.7 Å². The fourth-order valence-corrected chi connectivity index (χ4v) is 3.54. The molecule has 2 aromatic heterocycles. The third-order valence-electron chi connectivity index (χ3n) is 5.31. The van der Waals surface area contributed by atoms with Gasteiger partial charge in [0.25, 0.3) is 0 Å². The van der Waals surface area contributed by atoms with Crippen LogP contribution in [0.5, 0.6) is 0 Å². The lowest BCUT2D eigenvalue weighted by molar-refractivity contribution is -0.688. The summed E-state index contributed by atoms with van der Waals surface area (Å²) in [7, 11) is -1.44. The topological polar surface area (TPSA) is 48.2 Å². The monoisotopic (exact) mass is 566 g/mol. The third kappa shape index (κ3) is 7.20. The van der Waals surface area contributed by atoms with Crippen molar-refractivity contribution < 1.29 is 53.1 Å². The Morgan fingerprint density at radius 2 is 1.21 bits per heavy atom. The number of nitrogens with zero attached hydrogens (tertiary/aromatic N) is 2. The molecule has 4 aromatic rings. The van der Waals surface area contributed by atoms with Crippen molar-refractivity contribution >= 4 is 18.7 Å². The molecule has 7 heteroatoms. The first-order valence-electron chi connectivity index (χ1n) is 10.3. The van der Waals surface area contributed by atoms with E-state index in [-0.39, 0.29) is 34.0 Å². The number of rotatable bonds is 7. The molecular formula is C26H25BBr2N2O2. The van der Waals surface area contributed by atoms with Crippen molar-refractivity contribution in [2.24, 2.45) is 0 Å². The van der Waals surface area contributed by atoms with E-state index in [1.54, 1.807) is 6.07 Å². The van der Waals surface area contributed by atoms with Crippen LogP contribution in [0.4, 0.5) is 0 Å². The molecule has 0 amide bonds. The summed E-state index contributed by atoms with van der Waals surface area (Å²) in [6.07, 6.45) is 10.1. The first-order chi connectivity index (χ1) is 15.1. The second-order valence-corrected chi connectivity index (χ2v) is 7.58. The van der Waals surface area contributed by atoms with Crippen molar-refractivity contribution in [2.75, 3.05) is 0 Å². The van der Waals surface area contributed by atoms with Crippen LogP contribution >= 0.6 is 0 Å². The maximum atomic E-state index is 9.34. The minimum absolute atomic E-state index is 0. The number of pyridine rings is 2. The lowest BCUT2D eigenvalue weighted by atomic mass is 9.79. The molecule has 0 spiro atoms. The normalized spacial score (nSPS) is 10.0. The van der Waals surface area contributed by atoms with E-state index in [0.29, 0.717) is 12.0 Å². The molecule has 33 heavy (non-hydrogen) atoms. The van der Waals surface area contributed by atoms with Gasteiger partial charge in [-0.3, -0.25) is 0 Å². The molecule has 0 saturated heterocycles. The predicted octanol–water partition coefficient (Wildman–Crippen LogP) is -3.64. The van der Waals surface area contributed by atoms with Crippen LogP contribution in [0.1, 0.15) is 16.7 Å². The Balaban J connectivity index is 0.00000193. The number of benzene rings is 2. The molecule has 0 saturated carbocycles. The summed E-state index contributed by atoms with van der Waals surface area (Å²) in [6.45, 7) is 5.29. The average Bonchev–Trinajstić information content (AvgIpc) is 2.81. The summed E-state index contributed by atoms with van der Waals surface area (Å²) in [6, 6.07) is 24.2. The van der Waals surface area contributed by atoms with Gasteiger partial charge in [-0.25, -0.2) is 9.13 Å². The molecule has 4 nitrogen and oxygen atoms in total. The standard InChI is InChI=1S/C26H25BN2O2.2BrH/c1-2-21-6-8-22(9-7-21)19-28-14-10-24(11-15-28)25-12-16-29(17-13-25)20-23-4-3-5-26(18-23)27(30)31;;/h2-18,30-31H,1,19-20H2;2*1H/q+2;;/p-2. The molecule has 0 aliphatic rings. The van der Waals surface area contributed by atoms with Crippen molar-refractivity contribution in [3.05, 3.63) is 121 Å². The van der Waals surface area contributed by atoms with Crippen LogP contribution in [-0.4, -0.2) is 17.2 Å². The van der Waals surface area contributed by atoms with Crippen molar-refractivity contribution in [1.82, 2.24) is 0 Å². The van der Waals surface area contributed by atoms with Gasteiger partial charge in [0.05, 0.1) is 0 Å². The van der Waals surface area contributed by atoms with Crippen LogP contribution in [-0.2, 0) is 13.1 Å². The Labute approximate surface area is 216 Å². The van der Waals surface area contributed by atoms with Gasteiger partial charge in [-0.2, -0.15) is 0 Å². The van der Waals surface area contributed by atoms with Crippen LogP contribution in [0.3, 0.4) is 0 Å². The largest absolute Gasteiger partial charge is 1.00 e. The van der Waals surface area contributed by atoms with Crippen LogP contribution in [0.2, 0.25) is 0 Å². The zero-order valence-electron chi connectivity index (χ0n) is 18.1. The van der Waals surface area contributed by atoms with Gasteiger partial charge in [0.2, 0.25) is 0 Å².